The van der Waals surface area contributed by atoms with E-state index in [2.05, 4.69) is 5.32 Å². The zero-order chi connectivity index (χ0) is 26.9. The van der Waals surface area contributed by atoms with Crippen LogP contribution < -0.4 is 19.1 Å². The molecule has 0 aromatic heterocycles. The maximum absolute atomic E-state index is 13.7. The zero-order valence-corrected chi connectivity index (χ0v) is 22.9. The van der Waals surface area contributed by atoms with Crippen LogP contribution in [0.25, 0.3) is 0 Å². The number of rotatable bonds is 13. The first-order valence-electron chi connectivity index (χ1n) is 11.6. The Morgan fingerprint density at radius 3 is 2.33 bits per heavy atom. The summed E-state index contributed by atoms with van der Waals surface area (Å²) in [6.45, 7) is 3.68. The van der Waals surface area contributed by atoms with Crippen molar-refractivity contribution in [2.24, 2.45) is 0 Å². The Balaban J connectivity index is 2.51. The first kappa shape index (κ1) is 29.3. The molecule has 0 aliphatic rings. The summed E-state index contributed by atoms with van der Waals surface area (Å²) in [6.07, 6.45) is 2.07. The highest BCUT2D eigenvalue weighted by atomic mass is 35.5. The summed E-state index contributed by atoms with van der Waals surface area (Å²) in [5, 5.41) is 3.27. The van der Waals surface area contributed by atoms with Crippen LogP contribution in [-0.2, 0) is 26.2 Å². The van der Waals surface area contributed by atoms with E-state index < -0.39 is 28.5 Å². The fourth-order valence-corrected chi connectivity index (χ4v) is 4.73. The number of benzene rings is 2. The summed E-state index contributed by atoms with van der Waals surface area (Å²) in [5.41, 5.74) is 0.817. The number of amides is 2. The van der Waals surface area contributed by atoms with Gasteiger partial charge in [0.15, 0.2) is 0 Å². The van der Waals surface area contributed by atoms with Crippen LogP contribution in [0.2, 0.25) is 5.02 Å². The lowest BCUT2D eigenvalue weighted by molar-refractivity contribution is -0.140. The summed E-state index contributed by atoms with van der Waals surface area (Å²) in [6, 6.07) is 10.8. The summed E-state index contributed by atoms with van der Waals surface area (Å²) in [4.78, 5) is 28.1. The molecule has 0 heterocycles. The van der Waals surface area contributed by atoms with E-state index >= 15 is 0 Å². The van der Waals surface area contributed by atoms with Crippen LogP contribution in [0.5, 0.6) is 11.5 Å². The molecule has 0 aliphatic heterocycles. The number of carbonyl (C=O) groups excluding carboxylic acids is 2. The summed E-state index contributed by atoms with van der Waals surface area (Å²) >= 11 is 6.35. The number of hydrogen-bond acceptors (Lipinski definition) is 6. The van der Waals surface area contributed by atoms with Crippen molar-refractivity contribution in [1.82, 2.24) is 10.2 Å². The van der Waals surface area contributed by atoms with E-state index in [1.807, 2.05) is 6.92 Å². The van der Waals surface area contributed by atoms with Gasteiger partial charge in [-0.15, -0.1) is 0 Å². The van der Waals surface area contributed by atoms with Crippen LogP contribution in [0, 0.1) is 0 Å². The van der Waals surface area contributed by atoms with E-state index in [1.165, 1.54) is 31.3 Å². The maximum atomic E-state index is 13.7. The van der Waals surface area contributed by atoms with Crippen LogP contribution in [0.3, 0.4) is 0 Å². The third kappa shape index (κ3) is 7.51. The van der Waals surface area contributed by atoms with Gasteiger partial charge in [0.05, 0.1) is 26.2 Å². The molecule has 0 fully saturated rings. The number of hydrogen-bond donors (Lipinski definition) is 1. The van der Waals surface area contributed by atoms with E-state index in [4.69, 9.17) is 21.1 Å². The Bertz CT molecular complexity index is 1160. The third-order valence-corrected chi connectivity index (χ3v) is 7.06. The van der Waals surface area contributed by atoms with Crippen molar-refractivity contribution < 1.29 is 27.5 Å². The summed E-state index contributed by atoms with van der Waals surface area (Å²) in [5.74, 6) is -0.184. The molecule has 2 aromatic carbocycles. The van der Waals surface area contributed by atoms with Gasteiger partial charge in [-0.25, -0.2) is 8.42 Å². The molecule has 9 nitrogen and oxygen atoms in total. The molecule has 2 aromatic rings. The largest absolute Gasteiger partial charge is 0.497 e. The van der Waals surface area contributed by atoms with Crippen LogP contribution >= 0.6 is 11.6 Å². The second-order valence-corrected chi connectivity index (χ2v) is 10.4. The Kier molecular flexibility index (Phi) is 10.9. The van der Waals surface area contributed by atoms with Crippen LogP contribution in [0.15, 0.2) is 42.5 Å². The first-order valence-corrected chi connectivity index (χ1v) is 13.8. The Hall–Kier alpha value is -2.98. The molecule has 0 aliphatic carbocycles. The number of ether oxygens (including phenoxy) is 2. The number of nitrogens with one attached hydrogen (secondary N) is 1. The van der Waals surface area contributed by atoms with Crippen molar-refractivity contribution in [1.29, 1.82) is 0 Å². The molecule has 2 amide bonds. The lowest BCUT2D eigenvalue weighted by Gasteiger charge is -2.33. The smallest absolute Gasteiger partial charge is 0.244 e. The highest BCUT2D eigenvalue weighted by Gasteiger charge is 2.32. The monoisotopic (exact) mass is 539 g/mol. The SMILES string of the molecule is CCCNC(=O)[C@H](CC)N(Cc1ccccc1Cl)C(=O)CN(c1ccc(OC)cc1OC)S(C)(=O)=O. The number of sulfonamides is 1. The van der Waals surface area contributed by atoms with Gasteiger partial charge in [0.1, 0.15) is 24.1 Å². The number of methoxy groups -OCH3 is 2. The van der Waals surface area contributed by atoms with E-state index in [9.17, 15) is 18.0 Å². The van der Waals surface area contributed by atoms with Gasteiger partial charge in [-0.2, -0.15) is 0 Å². The van der Waals surface area contributed by atoms with Gasteiger partial charge in [0.25, 0.3) is 0 Å². The molecule has 0 saturated carbocycles. The summed E-state index contributed by atoms with van der Waals surface area (Å²) < 4.78 is 37.2. The second kappa shape index (κ2) is 13.4. The van der Waals surface area contributed by atoms with Gasteiger partial charge >= 0.3 is 0 Å². The minimum absolute atomic E-state index is 0.0356. The predicted molar refractivity (Wildman–Crippen MR) is 141 cm³/mol. The molecule has 11 heteroatoms. The van der Waals surface area contributed by atoms with Crippen molar-refractivity contribution in [3.8, 4) is 11.5 Å². The molecule has 36 heavy (non-hydrogen) atoms. The Morgan fingerprint density at radius 1 is 1.08 bits per heavy atom. The number of halogens is 1. The normalized spacial score (nSPS) is 11.9. The van der Waals surface area contributed by atoms with Crippen molar-refractivity contribution in [2.45, 2.75) is 39.3 Å². The lowest BCUT2D eigenvalue weighted by atomic mass is 10.1. The quantitative estimate of drug-likeness (QED) is 0.418. The highest BCUT2D eigenvalue weighted by molar-refractivity contribution is 7.92. The van der Waals surface area contributed by atoms with Gasteiger partial charge in [-0.05, 0) is 36.6 Å². The van der Waals surface area contributed by atoms with E-state index in [0.29, 0.717) is 29.3 Å². The van der Waals surface area contributed by atoms with Crippen LogP contribution in [-0.4, -0.2) is 64.7 Å². The molecular weight excluding hydrogens is 506 g/mol. The molecule has 198 valence electrons. The molecule has 1 N–H and O–H groups in total. The van der Waals surface area contributed by atoms with Crippen LogP contribution in [0.1, 0.15) is 32.3 Å². The average molecular weight is 540 g/mol. The van der Waals surface area contributed by atoms with E-state index in [-0.39, 0.29) is 23.9 Å². The fraction of sp³-hybridized carbons (Fsp3) is 0.440. The molecule has 0 saturated heterocycles. The highest BCUT2D eigenvalue weighted by Crippen LogP contribution is 2.34. The number of nitrogens with zero attached hydrogens (tertiary/aromatic N) is 2. The molecule has 1 atom stereocenters. The predicted octanol–water partition coefficient (Wildman–Crippen LogP) is 3.46. The van der Waals surface area contributed by atoms with Gasteiger partial charge in [-0.3, -0.25) is 13.9 Å². The average Bonchev–Trinajstić information content (AvgIpc) is 2.85. The van der Waals surface area contributed by atoms with Gasteiger partial charge < -0.3 is 19.7 Å². The first-order chi connectivity index (χ1) is 17.1. The van der Waals surface area contributed by atoms with Crippen molar-refractivity contribution in [3.63, 3.8) is 0 Å². The number of carbonyl (C=O) groups is 2. The van der Waals surface area contributed by atoms with Crippen LogP contribution in [0.4, 0.5) is 5.69 Å². The van der Waals surface area contributed by atoms with E-state index in [0.717, 1.165) is 17.0 Å². The lowest BCUT2D eigenvalue weighted by Crippen LogP contribution is -2.52. The minimum atomic E-state index is -3.91. The van der Waals surface area contributed by atoms with Gasteiger partial charge in [0.2, 0.25) is 21.8 Å². The Morgan fingerprint density at radius 2 is 1.78 bits per heavy atom. The molecular formula is C25H34ClN3O6S. The summed E-state index contributed by atoms with van der Waals surface area (Å²) in [7, 11) is -1.03. The standard InChI is InChI=1S/C25H34ClN3O6S/c1-6-14-27-25(31)21(7-2)28(16-18-10-8-9-11-20(18)26)24(30)17-29(36(5,32)33)22-13-12-19(34-3)15-23(22)35-4/h8-13,15,21H,6-7,14,16-17H2,1-5H3,(H,27,31)/t21-/m0/s1. The number of anilines is 1. The second-order valence-electron chi connectivity index (χ2n) is 8.14. The topological polar surface area (TPSA) is 105 Å². The van der Waals surface area contributed by atoms with Gasteiger partial charge in [-0.1, -0.05) is 43.6 Å². The molecule has 0 spiro atoms. The Labute approximate surface area is 218 Å². The zero-order valence-electron chi connectivity index (χ0n) is 21.3. The molecule has 0 unspecified atom stereocenters. The molecule has 2 rings (SSSR count). The van der Waals surface area contributed by atoms with Crippen molar-refractivity contribution in [3.05, 3.63) is 53.1 Å². The molecule has 0 bridgehead atoms. The van der Waals surface area contributed by atoms with Crippen molar-refractivity contribution >= 4 is 39.1 Å². The van der Waals surface area contributed by atoms with Crippen molar-refractivity contribution in [2.75, 3.05) is 37.9 Å². The van der Waals surface area contributed by atoms with Gasteiger partial charge in [0, 0.05) is 24.2 Å². The fourth-order valence-electron chi connectivity index (χ4n) is 3.68. The third-order valence-electron chi connectivity index (χ3n) is 5.57. The van der Waals surface area contributed by atoms with E-state index in [1.54, 1.807) is 37.3 Å². The maximum Gasteiger partial charge on any atom is 0.244 e. The minimum Gasteiger partial charge on any atom is -0.497 e. The molecule has 0 radical (unpaired) electrons.